The second-order valence-corrected chi connectivity index (χ2v) is 5.10. The molecule has 5 nitrogen and oxygen atoms in total. The minimum absolute atomic E-state index is 0.0380. The number of nitrogens with one attached hydrogen (secondary N) is 2. The van der Waals surface area contributed by atoms with Gasteiger partial charge in [0.15, 0.2) is 0 Å². The largest absolute Gasteiger partial charge is 0.481 e. The van der Waals surface area contributed by atoms with E-state index in [0.29, 0.717) is 12.2 Å². The van der Waals surface area contributed by atoms with Gasteiger partial charge in [-0.2, -0.15) is 0 Å². The summed E-state index contributed by atoms with van der Waals surface area (Å²) in [7, 11) is 0. The zero-order valence-electron chi connectivity index (χ0n) is 11.8. The van der Waals surface area contributed by atoms with E-state index in [0.717, 1.165) is 10.8 Å². The van der Waals surface area contributed by atoms with Crippen molar-refractivity contribution < 1.29 is 14.7 Å². The minimum Gasteiger partial charge on any atom is -0.481 e. The summed E-state index contributed by atoms with van der Waals surface area (Å²) in [5, 5.41) is 16.2. The molecule has 2 rings (SSSR count). The van der Waals surface area contributed by atoms with Gasteiger partial charge < -0.3 is 15.7 Å². The van der Waals surface area contributed by atoms with E-state index in [1.54, 1.807) is 6.92 Å². The molecular weight excluding hydrogens is 268 g/mol. The molecule has 2 amide bonds. The van der Waals surface area contributed by atoms with Crippen LogP contribution in [0.1, 0.15) is 13.3 Å². The highest BCUT2D eigenvalue weighted by Crippen LogP contribution is 2.18. The van der Waals surface area contributed by atoms with E-state index in [-0.39, 0.29) is 18.4 Å². The maximum atomic E-state index is 11.8. The van der Waals surface area contributed by atoms with Gasteiger partial charge in [0.2, 0.25) is 0 Å². The highest BCUT2D eigenvalue weighted by Gasteiger charge is 2.09. The Bertz CT molecular complexity index is 655. The third-order valence-electron chi connectivity index (χ3n) is 3.14. The highest BCUT2D eigenvalue weighted by atomic mass is 16.4. The molecular formula is C16H18N2O3. The third kappa shape index (κ3) is 4.49. The molecule has 1 unspecified atom stereocenters. The first-order valence-corrected chi connectivity index (χ1v) is 6.80. The first-order chi connectivity index (χ1) is 10.0. The van der Waals surface area contributed by atoms with Gasteiger partial charge in [0.1, 0.15) is 0 Å². The lowest BCUT2D eigenvalue weighted by atomic mass is 10.1. The first kappa shape index (κ1) is 14.8. The smallest absolute Gasteiger partial charge is 0.319 e. The second-order valence-electron chi connectivity index (χ2n) is 5.10. The van der Waals surface area contributed by atoms with Crippen LogP contribution in [0.25, 0.3) is 10.8 Å². The summed E-state index contributed by atoms with van der Waals surface area (Å²) in [5.41, 5.74) is 0.706. The second kappa shape index (κ2) is 6.74. The lowest BCUT2D eigenvalue weighted by Crippen LogP contribution is -2.32. The van der Waals surface area contributed by atoms with Crippen LogP contribution in [0.2, 0.25) is 0 Å². The van der Waals surface area contributed by atoms with Crippen LogP contribution in [0.15, 0.2) is 42.5 Å². The van der Waals surface area contributed by atoms with E-state index >= 15 is 0 Å². The van der Waals surface area contributed by atoms with Crippen molar-refractivity contribution in [3.05, 3.63) is 42.5 Å². The molecule has 5 heteroatoms. The lowest BCUT2D eigenvalue weighted by molar-refractivity contribution is -0.137. The number of urea groups is 1. The SMILES string of the molecule is CC(CNC(=O)Nc1ccc2ccccc2c1)CC(=O)O. The Morgan fingerprint density at radius 3 is 2.57 bits per heavy atom. The Kier molecular flexibility index (Phi) is 4.77. The van der Waals surface area contributed by atoms with Crippen molar-refractivity contribution in [1.82, 2.24) is 5.32 Å². The number of hydrogen-bond acceptors (Lipinski definition) is 2. The summed E-state index contributed by atoms with van der Waals surface area (Å²) in [4.78, 5) is 22.3. The van der Waals surface area contributed by atoms with Crippen molar-refractivity contribution in [3.8, 4) is 0 Å². The predicted molar refractivity (Wildman–Crippen MR) is 82.4 cm³/mol. The summed E-state index contributed by atoms with van der Waals surface area (Å²) in [6.45, 7) is 2.11. The zero-order valence-corrected chi connectivity index (χ0v) is 11.8. The summed E-state index contributed by atoms with van der Waals surface area (Å²) in [5.74, 6) is -0.968. The summed E-state index contributed by atoms with van der Waals surface area (Å²) >= 11 is 0. The van der Waals surface area contributed by atoms with Crippen LogP contribution in [-0.4, -0.2) is 23.7 Å². The van der Waals surface area contributed by atoms with Crippen LogP contribution in [0.4, 0.5) is 10.5 Å². The molecule has 2 aromatic rings. The Morgan fingerprint density at radius 2 is 1.86 bits per heavy atom. The van der Waals surface area contributed by atoms with Crippen molar-refractivity contribution >= 4 is 28.5 Å². The van der Waals surface area contributed by atoms with Gasteiger partial charge >= 0.3 is 12.0 Å². The molecule has 0 aromatic heterocycles. The number of carboxylic acid groups (broad SMARTS) is 1. The molecule has 0 aliphatic carbocycles. The quantitative estimate of drug-likeness (QED) is 0.790. The predicted octanol–water partition coefficient (Wildman–Crippen LogP) is 3.07. The van der Waals surface area contributed by atoms with Gasteiger partial charge in [-0.3, -0.25) is 4.79 Å². The van der Waals surface area contributed by atoms with Gasteiger partial charge in [-0.05, 0) is 28.8 Å². The monoisotopic (exact) mass is 286 g/mol. The van der Waals surface area contributed by atoms with Crippen molar-refractivity contribution in [3.63, 3.8) is 0 Å². The van der Waals surface area contributed by atoms with E-state index in [1.165, 1.54) is 0 Å². The average molecular weight is 286 g/mol. The van der Waals surface area contributed by atoms with Crippen molar-refractivity contribution in [2.24, 2.45) is 5.92 Å². The fraction of sp³-hybridized carbons (Fsp3) is 0.250. The van der Waals surface area contributed by atoms with Gasteiger partial charge in [0.25, 0.3) is 0 Å². The van der Waals surface area contributed by atoms with Crippen molar-refractivity contribution in [2.75, 3.05) is 11.9 Å². The number of hydrogen-bond donors (Lipinski definition) is 3. The average Bonchev–Trinajstić information content (AvgIpc) is 2.44. The zero-order chi connectivity index (χ0) is 15.2. The number of benzene rings is 2. The van der Waals surface area contributed by atoms with Gasteiger partial charge in [-0.15, -0.1) is 0 Å². The molecule has 1 atom stereocenters. The molecule has 0 spiro atoms. The maximum absolute atomic E-state index is 11.8. The van der Waals surface area contributed by atoms with Crippen LogP contribution in [0, 0.1) is 5.92 Å². The molecule has 0 bridgehead atoms. The molecule has 0 radical (unpaired) electrons. The van der Waals surface area contributed by atoms with E-state index in [9.17, 15) is 9.59 Å². The number of anilines is 1. The molecule has 0 fully saturated rings. The summed E-state index contributed by atoms with van der Waals surface area (Å²) < 4.78 is 0. The van der Waals surface area contributed by atoms with Crippen molar-refractivity contribution in [2.45, 2.75) is 13.3 Å². The third-order valence-corrected chi connectivity index (χ3v) is 3.14. The Morgan fingerprint density at radius 1 is 1.14 bits per heavy atom. The Labute approximate surface area is 123 Å². The maximum Gasteiger partial charge on any atom is 0.319 e. The number of amides is 2. The Hall–Kier alpha value is -2.56. The molecule has 110 valence electrons. The van der Waals surface area contributed by atoms with Gasteiger partial charge in [0, 0.05) is 18.7 Å². The number of rotatable bonds is 5. The molecule has 0 aliphatic heterocycles. The van der Waals surface area contributed by atoms with Crippen LogP contribution < -0.4 is 10.6 Å². The van der Waals surface area contributed by atoms with E-state index < -0.39 is 5.97 Å². The van der Waals surface area contributed by atoms with Crippen molar-refractivity contribution in [1.29, 1.82) is 0 Å². The van der Waals surface area contributed by atoms with Crippen LogP contribution in [0.5, 0.6) is 0 Å². The van der Waals surface area contributed by atoms with E-state index in [2.05, 4.69) is 10.6 Å². The summed E-state index contributed by atoms with van der Waals surface area (Å²) in [6, 6.07) is 13.2. The number of aliphatic carboxylic acids is 1. The molecule has 2 aromatic carbocycles. The van der Waals surface area contributed by atoms with E-state index in [1.807, 2.05) is 42.5 Å². The molecule has 0 saturated carbocycles. The molecule has 0 aliphatic rings. The number of carbonyl (C=O) groups is 2. The topological polar surface area (TPSA) is 78.4 Å². The van der Waals surface area contributed by atoms with Gasteiger partial charge in [-0.1, -0.05) is 37.3 Å². The molecule has 0 saturated heterocycles. The van der Waals surface area contributed by atoms with Gasteiger partial charge in [0.05, 0.1) is 0 Å². The molecule has 0 heterocycles. The van der Waals surface area contributed by atoms with Crippen LogP contribution >= 0.6 is 0 Å². The fourth-order valence-electron chi connectivity index (χ4n) is 2.08. The Balaban J connectivity index is 1.90. The number of carbonyl (C=O) groups excluding carboxylic acids is 1. The van der Waals surface area contributed by atoms with Crippen LogP contribution in [0.3, 0.4) is 0 Å². The van der Waals surface area contributed by atoms with E-state index in [4.69, 9.17) is 5.11 Å². The number of carboxylic acids is 1. The first-order valence-electron chi connectivity index (χ1n) is 6.80. The van der Waals surface area contributed by atoms with Gasteiger partial charge in [-0.25, -0.2) is 4.79 Å². The number of fused-ring (bicyclic) bond motifs is 1. The highest BCUT2D eigenvalue weighted by molar-refractivity contribution is 5.93. The fourth-order valence-corrected chi connectivity index (χ4v) is 2.08. The minimum atomic E-state index is -0.862. The normalized spacial score (nSPS) is 11.9. The lowest BCUT2D eigenvalue weighted by Gasteiger charge is -2.11. The molecule has 21 heavy (non-hydrogen) atoms. The van der Waals surface area contributed by atoms with Crippen LogP contribution in [-0.2, 0) is 4.79 Å². The summed E-state index contributed by atoms with van der Waals surface area (Å²) in [6.07, 6.45) is 0.0380. The standard InChI is InChI=1S/C16H18N2O3/c1-11(8-15(19)20)10-17-16(21)18-14-7-6-12-4-2-3-5-13(12)9-14/h2-7,9,11H,8,10H2,1H3,(H,19,20)(H2,17,18,21). The molecule has 3 N–H and O–H groups in total.